The van der Waals surface area contributed by atoms with E-state index < -0.39 is 31.1 Å². The molecule has 0 radical (unpaired) electrons. The molecular weight excluding hydrogens is 311 g/mol. The second-order valence-corrected chi connectivity index (χ2v) is 4.72. The van der Waals surface area contributed by atoms with Crippen LogP contribution in [0, 0.1) is 0 Å². The highest BCUT2D eigenvalue weighted by Gasteiger charge is 2.28. The molecular formula is C12H13ClF3N3O2. The van der Waals surface area contributed by atoms with Gasteiger partial charge in [0.15, 0.2) is 0 Å². The lowest BCUT2D eigenvalue weighted by Crippen LogP contribution is -2.41. The van der Waals surface area contributed by atoms with Crippen LogP contribution in [-0.2, 0) is 4.79 Å². The van der Waals surface area contributed by atoms with Crippen LogP contribution < -0.4 is 11.1 Å². The van der Waals surface area contributed by atoms with Crippen molar-refractivity contribution in [2.45, 2.75) is 6.18 Å². The van der Waals surface area contributed by atoms with Gasteiger partial charge < -0.3 is 16.0 Å². The predicted octanol–water partition coefficient (Wildman–Crippen LogP) is 1.67. The van der Waals surface area contributed by atoms with Gasteiger partial charge in [-0.3, -0.25) is 9.59 Å². The van der Waals surface area contributed by atoms with Gasteiger partial charge in [-0.1, -0.05) is 11.6 Å². The Morgan fingerprint density at radius 2 is 2.00 bits per heavy atom. The molecule has 0 aliphatic rings. The molecule has 0 spiro atoms. The fourth-order valence-electron chi connectivity index (χ4n) is 1.46. The Kier molecular flexibility index (Phi) is 5.42. The zero-order valence-corrected chi connectivity index (χ0v) is 11.8. The third-order valence-corrected chi connectivity index (χ3v) is 2.69. The fourth-order valence-corrected chi connectivity index (χ4v) is 1.63. The maximum absolute atomic E-state index is 12.0. The SMILES string of the molecule is CN(CC(=O)NCC(F)(F)F)C(=O)c1cc(Cl)ccc1N. The smallest absolute Gasteiger partial charge is 0.398 e. The number of hydrogen-bond donors (Lipinski definition) is 2. The largest absolute Gasteiger partial charge is 0.405 e. The van der Waals surface area contributed by atoms with Crippen LogP contribution in [0.3, 0.4) is 0 Å². The van der Waals surface area contributed by atoms with Crippen LogP contribution in [0.5, 0.6) is 0 Å². The summed E-state index contributed by atoms with van der Waals surface area (Å²) in [4.78, 5) is 24.3. The van der Waals surface area contributed by atoms with Crippen molar-refractivity contribution < 1.29 is 22.8 Å². The van der Waals surface area contributed by atoms with Gasteiger partial charge in [-0.15, -0.1) is 0 Å². The molecule has 1 aromatic carbocycles. The number of amides is 2. The van der Waals surface area contributed by atoms with Crippen LogP contribution in [0.2, 0.25) is 5.02 Å². The number of likely N-dealkylation sites (N-methyl/N-ethyl adjacent to an activating group) is 1. The molecule has 0 saturated heterocycles. The zero-order valence-electron chi connectivity index (χ0n) is 11.0. The lowest BCUT2D eigenvalue weighted by molar-refractivity contribution is -0.138. The quantitative estimate of drug-likeness (QED) is 0.828. The molecule has 0 atom stereocenters. The second kappa shape index (κ2) is 6.66. The van der Waals surface area contributed by atoms with Crippen LogP contribution in [0.15, 0.2) is 18.2 Å². The van der Waals surface area contributed by atoms with Crippen LogP contribution in [-0.4, -0.2) is 43.0 Å². The lowest BCUT2D eigenvalue weighted by atomic mass is 10.1. The summed E-state index contributed by atoms with van der Waals surface area (Å²) in [6, 6.07) is 4.24. The highest BCUT2D eigenvalue weighted by Crippen LogP contribution is 2.19. The topological polar surface area (TPSA) is 75.4 Å². The predicted molar refractivity (Wildman–Crippen MR) is 71.9 cm³/mol. The van der Waals surface area contributed by atoms with Gasteiger partial charge in [0, 0.05) is 17.8 Å². The molecule has 0 fully saturated rings. The van der Waals surface area contributed by atoms with Gasteiger partial charge in [0.25, 0.3) is 5.91 Å². The first-order valence-corrected chi connectivity index (χ1v) is 6.12. The van der Waals surface area contributed by atoms with Crippen molar-refractivity contribution in [3.05, 3.63) is 28.8 Å². The van der Waals surface area contributed by atoms with Gasteiger partial charge in [-0.2, -0.15) is 13.2 Å². The van der Waals surface area contributed by atoms with Crippen molar-refractivity contribution in [1.82, 2.24) is 10.2 Å². The van der Waals surface area contributed by atoms with Crippen molar-refractivity contribution >= 4 is 29.1 Å². The molecule has 116 valence electrons. The molecule has 21 heavy (non-hydrogen) atoms. The summed E-state index contributed by atoms with van der Waals surface area (Å²) in [6.07, 6.45) is -4.50. The molecule has 0 bridgehead atoms. The van der Waals surface area contributed by atoms with Crippen LogP contribution in [0.1, 0.15) is 10.4 Å². The third-order valence-electron chi connectivity index (χ3n) is 2.46. The number of anilines is 1. The van der Waals surface area contributed by atoms with Gasteiger partial charge >= 0.3 is 6.18 Å². The monoisotopic (exact) mass is 323 g/mol. The van der Waals surface area contributed by atoms with Gasteiger partial charge in [-0.25, -0.2) is 0 Å². The molecule has 3 N–H and O–H groups in total. The molecule has 0 aliphatic carbocycles. The van der Waals surface area contributed by atoms with E-state index in [1.54, 1.807) is 5.32 Å². The van der Waals surface area contributed by atoms with E-state index in [-0.39, 0.29) is 16.3 Å². The van der Waals surface area contributed by atoms with E-state index in [0.717, 1.165) is 4.90 Å². The number of benzene rings is 1. The van der Waals surface area contributed by atoms with Gasteiger partial charge in [0.05, 0.1) is 12.1 Å². The molecule has 0 aliphatic heterocycles. The van der Waals surface area contributed by atoms with E-state index >= 15 is 0 Å². The highest BCUT2D eigenvalue weighted by molar-refractivity contribution is 6.31. The highest BCUT2D eigenvalue weighted by atomic mass is 35.5. The molecule has 1 aromatic rings. The number of nitrogen functional groups attached to an aromatic ring is 1. The maximum atomic E-state index is 12.0. The molecule has 5 nitrogen and oxygen atoms in total. The Morgan fingerprint density at radius 1 is 1.38 bits per heavy atom. The first-order valence-electron chi connectivity index (χ1n) is 5.74. The van der Waals surface area contributed by atoms with E-state index in [0.29, 0.717) is 0 Å². The first-order chi connectivity index (χ1) is 9.60. The second-order valence-electron chi connectivity index (χ2n) is 4.28. The Hall–Kier alpha value is -1.96. The summed E-state index contributed by atoms with van der Waals surface area (Å²) in [5.41, 5.74) is 5.86. The molecule has 0 unspecified atom stereocenters. The number of carbonyl (C=O) groups excluding carboxylic acids is 2. The Labute approximate surface area is 123 Å². The van der Waals surface area contributed by atoms with Crippen molar-refractivity contribution in [3.8, 4) is 0 Å². The molecule has 0 saturated carbocycles. The molecule has 1 rings (SSSR count). The van der Waals surface area contributed by atoms with Crippen molar-refractivity contribution in [2.24, 2.45) is 0 Å². The van der Waals surface area contributed by atoms with Gasteiger partial charge in [0.2, 0.25) is 5.91 Å². The molecule has 2 amide bonds. The minimum Gasteiger partial charge on any atom is -0.398 e. The van der Waals surface area contributed by atoms with E-state index in [1.807, 2.05) is 0 Å². The Morgan fingerprint density at radius 3 is 2.57 bits per heavy atom. The number of nitrogens with two attached hydrogens (primary N) is 1. The first kappa shape index (κ1) is 17.1. The summed E-state index contributed by atoms with van der Waals surface area (Å²) >= 11 is 5.74. The van der Waals surface area contributed by atoms with E-state index in [2.05, 4.69) is 0 Å². The number of hydrogen-bond acceptors (Lipinski definition) is 3. The van der Waals surface area contributed by atoms with Crippen molar-refractivity contribution in [3.63, 3.8) is 0 Å². The summed E-state index contributed by atoms with van der Waals surface area (Å²) in [7, 11) is 1.27. The van der Waals surface area contributed by atoms with E-state index in [9.17, 15) is 22.8 Å². The fraction of sp³-hybridized carbons (Fsp3) is 0.333. The minimum atomic E-state index is -4.50. The Bertz CT molecular complexity index is 549. The van der Waals surface area contributed by atoms with Gasteiger partial charge in [0.1, 0.15) is 6.54 Å². The minimum absolute atomic E-state index is 0.0774. The van der Waals surface area contributed by atoms with Crippen molar-refractivity contribution in [2.75, 3.05) is 25.9 Å². The summed E-state index contributed by atoms with van der Waals surface area (Å²) in [5, 5.41) is 1.95. The van der Waals surface area contributed by atoms with Crippen LogP contribution >= 0.6 is 11.6 Å². The number of rotatable bonds is 4. The summed E-state index contributed by atoms with van der Waals surface area (Å²) in [6.45, 7) is -1.98. The normalized spacial score (nSPS) is 11.1. The number of alkyl halides is 3. The van der Waals surface area contributed by atoms with Gasteiger partial charge in [-0.05, 0) is 18.2 Å². The average Bonchev–Trinajstić information content (AvgIpc) is 2.37. The number of nitrogens with one attached hydrogen (secondary N) is 1. The average molecular weight is 324 g/mol. The van der Waals surface area contributed by atoms with Crippen LogP contribution in [0.25, 0.3) is 0 Å². The van der Waals surface area contributed by atoms with Crippen LogP contribution in [0.4, 0.5) is 18.9 Å². The molecule has 0 heterocycles. The number of nitrogens with zero attached hydrogens (tertiary/aromatic N) is 1. The molecule has 0 aromatic heterocycles. The number of carbonyl (C=O) groups is 2. The third kappa shape index (κ3) is 5.50. The van der Waals surface area contributed by atoms with Crippen molar-refractivity contribution in [1.29, 1.82) is 0 Å². The zero-order chi connectivity index (χ0) is 16.2. The number of halogens is 4. The summed E-state index contributed by atoms with van der Waals surface area (Å²) < 4.78 is 35.8. The maximum Gasteiger partial charge on any atom is 0.405 e. The Balaban J connectivity index is 2.66. The van der Waals surface area contributed by atoms with E-state index in [4.69, 9.17) is 17.3 Å². The summed E-state index contributed by atoms with van der Waals surface area (Å²) in [5.74, 6) is -1.54. The lowest BCUT2D eigenvalue weighted by Gasteiger charge is -2.18. The standard InChI is InChI=1S/C12H13ClF3N3O2/c1-19(5-10(20)18-6-12(14,15)16)11(21)8-4-7(13)2-3-9(8)17/h2-4H,5-6,17H2,1H3,(H,18,20). The molecule has 9 heteroatoms. The van der Waals surface area contributed by atoms with E-state index in [1.165, 1.54) is 25.2 Å².